The first kappa shape index (κ1) is 18.1. The minimum absolute atomic E-state index is 0.00128. The molecule has 0 atom stereocenters. The van der Waals surface area contributed by atoms with Gasteiger partial charge in [-0.3, -0.25) is 4.79 Å². The fourth-order valence-electron chi connectivity index (χ4n) is 1.93. The van der Waals surface area contributed by atoms with E-state index in [1.807, 2.05) is 32.0 Å². The Kier molecular flexibility index (Phi) is 6.53. The summed E-state index contributed by atoms with van der Waals surface area (Å²) in [6.45, 7) is 4.34. The Balaban J connectivity index is 2.68. The van der Waals surface area contributed by atoms with E-state index in [-0.39, 0.29) is 24.9 Å². The molecule has 0 bridgehead atoms. The molecule has 22 heavy (non-hydrogen) atoms. The van der Waals surface area contributed by atoms with E-state index in [9.17, 15) is 13.2 Å². The maximum Gasteiger partial charge on any atom is 0.224 e. The quantitative estimate of drug-likeness (QED) is 0.817. The molecule has 1 amide bonds. The highest BCUT2D eigenvalue weighted by atomic mass is 32.2. The number of amides is 1. The molecule has 0 saturated heterocycles. The van der Waals surface area contributed by atoms with Crippen LogP contribution < -0.4 is 4.72 Å². The highest BCUT2D eigenvalue weighted by molar-refractivity contribution is 7.88. The molecule has 120 valence electrons. The number of carbonyl (C=O) groups excluding carboxylic acids is 1. The van der Waals surface area contributed by atoms with Gasteiger partial charge < -0.3 is 4.90 Å². The number of benzene rings is 1. The number of hydrogen-bond donors (Lipinski definition) is 1. The Morgan fingerprint density at radius 2 is 1.91 bits per heavy atom. The number of sulfonamides is 1. The van der Waals surface area contributed by atoms with Crippen LogP contribution in [0.2, 0.25) is 0 Å². The molecule has 0 aliphatic rings. The third-order valence-corrected chi connectivity index (χ3v) is 3.81. The average Bonchev–Trinajstić information content (AvgIpc) is 2.43. The van der Waals surface area contributed by atoms with Crippen molar-refractivity contribution in [3.8, 4) is 6.07 Å². The predicted molar refractivity (Wildman–Crippen MR) is 84.3 cm³/mol. The zero-order valence-electron chi connectivity index (χ0n) is 13.0. The van der Waals surface area contributed by atoms with Crippen molar-refractivity contribution in [1.29, 1.82) is 5.26 Å². The summed E-state index contributed by atoms with van der Waals surface area (Å²) in [6.07, 6.45) is 1.18. The Hall–Kier alpha value is -1.91. The molecular formula is C15H21N3O3S. The molecule has 0 saturated carbocycles. The second-order valence-electron chi connectivity index (χ2n) is 5.34. The van der Waals surface area contributed by atoms with Crippen molar-refractivity contribution in [3.05, 3.63) is 35.4 Å². The minimum atomic E-state index is -3.28. The maximum absolute atomic E-state index is 12.2. The van der Waals surface area contributed by atoms with E-state index >= 15 is 0 Å². The summed E-state index contributed by atoms with van der Waals surface area (Å²) >= 11 is 0. The van der Waals surface area contributed by atoms with Gasteiger partial charge in [0, 0.05) is 25.6 Å². The van der Waals surface area contributed by atoms with Crippen molar-refractivity contribution in [2.45, 2.75) is 32.9 Å². The summed E-state index contributed by atoms with van der Waals surface area (Å²) in [5.41, 5.74) is 1.50. The number of rotatable bonds is 7. The van der Waals surface area contributed by atoms with Crippen LogP contribution in [0.15, 0.2) is 24.3 Å². The van der Waals surface area contributed by atoms with Gasteiger partial charge in [0.2, 0.25) is 15.9 Å². The van der Waals surface area contributed by atoms with Crippen LogP contribution >= 0.6 is 0 Å². The molecule has 7 heteroatoms. The van der Waals surface area contributed by atoms with Gasteiger partial charge in [-0.1, -0.05) is 12.1 Å². The average molecular weight is 323 g/mol. The predicted octanol–water partition coefficient (Wildman–Crippen LogP) is 1.23. The lowest BCUT2D eigenvalue weighted by Gasteiger charge is -2.27. The molecular weight excluding hydrogens is 302 g/mol. The Morgan fingerprint density at radius 1 is 1.32 bits per heavy atom. The van der Waals surface area contributed by atoms with Crippen molar-refractivity contribution in [2.24, 2.45) is 0 Å². The van der Waals surface area contributed by atoms with Crippen LogP contribution in [0.4, 0.5) is 0 Å². The van der Waals surface area contributed by atoms with Crippen LogP contribution in [-0.2, 0) is 21.4 Å². The molecule has 0 spiro atoms. The highest BCUT2D eigenvalue weighted by Crippen LogP contribution is 2.11. The van der Waals surface area contributed by atoms with Crippen LogP contribution in [0, 0.1) is 11.3 Å². The molecule has 1 N–H and O–H groups in total. The van der Waals surface area contributed by atoms with Crippen LogP contribution in [0.5, 0.6) is 0 Å². The summed E-state index contributed by atoms with van der Waals surface area (Å²) in [7, 11) is -3.28. The molecule has 0 heterocycles. The van der Waals surface area contributed by atoms with Crippen molar-refractivity contribution in [2.75, 3.05) is 12.8 Å². The van der Waals surface area contributed by atoms with E-state index < -0.39 is 10.0 Å². The van der Waals surface area contributed by atoms with Crippen LogP contribution in [-0.4, -0.2) is 38.1 Å². The third kappa shape index (κ3) is 6.24. The third-order valence-electron chi connectivity index (χ3n) is 3.08. The summed E-state index contributed by atoms with van der Waals surface area (Å²) in [4.78, 5) is 13.9. The summed E-state index contributed by atoms with van der Waals surface area (Å²) in [5.74, 6) is -0.115. The molecule has 6 nitrogen and oxygen atoms in total. The molecule has 0 aliphatic heterocycles. The minimum Gasteiger partial charge on any atom is -0.336 e. The van der Waals surface area contributed by atoms with E-state index in [1.165, 1.54) is 0 Å². The van der Waals surface area contributed by atoms with Gasteiger partial charge in [-0.2, -0.15) is 5.26 Å². The zero-order chi connectivity index (χ0) is 16.8. The van der Waals surface area contributed by atoms with Gasteiger partial charge in [0.25, 0.3) is 0 Å². The SMILES string of the molecule is CC(C)N(Cc1ccc(C#N)cc1)C(=O)CCNS(C)(=O)=O. The molecule has 0 fully saturated rings. The summed E-state index contributed by atoms with van der Waals surface area (Å²) in [5, 5.41) is 8.78. The largest absolute Gasteiger partial charge is 0.336 e. The van der Waals surface area contributed by atoms with Gasteiger partial charge >= 0.3 is 0 Å². The van der Waals surface area contributed by atoms with Crippen molar-refractivity contribution < 1.29 is 13.2 Å². The smallest absolute Gasteiger partial charge is 0.224 e. The normalized spacial score (nSPS) is 11.2. The van der Waals surface area contributed by atoms with Crippen LogP contribution in [0.1, 0.15) is 31.4 Å². The molecule has 0 aromatic heterocycles. The van der Waals surface area contributed by atoms with Gasteiger partial charge in [-0.25, -0.2) is 13.1 Å². The lowest BCUT2D eigenvalue weighted by Crippen LogP contribution is -2.38. The Bertz CT molecular complexity index is 646. The Labute approximate surface area is 131 Å². The second kappa shape index (κ2) is 7.92. The van der Waals surface area contributed by atoms with Crippen molar-refractivity contribution in [3.63, 3.8) is 0 Å². The number of hydrogen-bond acceptors (Lipinski definition) is 4. The monoisotopic (exact) mass is 323 g/mol. The zero-order valence-corrected chi connectivity index (χ0v) is 13.9. The summed E-state index contributed by atoms with van der Waals surface area (Å²) in [6, 6.07) is 9.11. The fourth-order valence-corrected chi connectivity index (χ4v) is 2.40. The fraction of sp³-hybridized carbons (Fsp3) is 0.467. The van der Waals surface area contributed by atoms with E-state index in [4.69, 9.17) is 5.26 Å². The molecule has 0 aliphatic carbocycles. The lowest BCUT2D eigenvalue weighted by atomic mass is 10.1. The topological polar surface area (TPSA) is 90.3 Å². The van der Waals surface area contributed by atoms with Gasteiger partial charge in [-0.15, -0.1) is 0 Å². The van der Waals surface area contributed by atoms with E-state index in [0.29, 0.717) is 12.1 Å². The first-order valence-corrected chi connectivity index (χ1v) is 8.85. The number of carbonyl (C=O) groups is 1. The Morgan fingerprint density at radius 3 is 2.36 bits per heavy atom. The number of nitriles is 1. The van der Waals surface area contributed by atoms with E-state index in [2.05, 4.69) is 4.72 Å². The first-order valence-electron chi connectivity index (χ1n) is 6.96. The highest BCUT2D eigenvalue weighted by Gasteiger charge is 2.17. The van der Waals surface area contributed by atoms with Gasteiger partial charge in [0.1, 0.15) is 0 Å². The van der Waals surface area contributed by atoms with Crippen LogP contribution in [0.3, 0.4) is 0 Å². The number of nitrogens with one attached hydrogen (secondary N) is 1. The molecule has 0 unspecified atom stereocenters. The number of nitrogens with zero attached hydrogens (tertiary/aromatic N) is 2. The lowest BCUT2D eigenvalue weighted by molar-refractivity contribution is -0.133. The van der Waals surface area contributed by atoms with Gasteiger partial charge in [0.05, 0.1) is 17.9 Å². The first-order chi connectivity index (χ1) is 10.2. The van der Waals surface area contributed by atoms with Gasteiger partial charge in [-0.05, 0) is 31.5 Å². The summed E-state index contributed by atoms with van der Waals surface area (Å²) < 4.78 is 24.3. The molecule has 0 radical (unpaired) electrons. The van der Waals surface area contributed by atoms with Crippen LogP contribution in [0.25, 0.3) is 0 Å². The van der Waals surface area contributed by atoms with E-state index in [0.717, 1.165) is 11.8 Å². The molecule has 1 aromatic rings. The standard InChI is InChI=1S/C15H21N3O3S/c1-12(2)18(15(19)8-9-17-22(3,20)21)11-14-6-4-13(10-16)5-7-14/h4-7,12,17H,8-9,11H2,1-3H3. The molecule has 1 aromatic carbocycles. The van der Waals surface area contributed by atoms with Gasteiger partial charge in [0.15, 0.2) is 0 Å². The van der Waals surface area contributed by atoms with Crippen molar-refractivity contribution in [1.82, 2.24) is 9.62 Å². The maximum atomic E-state index is 12.2. The molecule has 1 rings (SSSR count). The van der Waals surface area contributed by atoms with Crippen molar-refractivity contribution >= 4 is 15.9 Å². The van der Waals surface area contributed by atoms with E-state index in [1.54, 1.807) is 17.0 Å². The second-order valence-corrected chi connectivity index (χ2v) is 7.17.